The fourth-order valence-corrected chi connectivity index (χ4v) is 2.42. The van der Waals surface area contributed by atoms with Gasteiger partial charge in [0.15, 0.2) is 0 Å². The molecule has 20 heavy (non-hydrogen) atoms. The Morgan fingerprint density at radius 1 is 1.30 bits per heavy atom. The first-order valence-electron chi connectivity index (χ1n) is 6.87. The Kier molecular flexibility index (Phi) is 4.09. The number of carbonyl (C=O) groups excluding carboxylic acids is 2. The summed E-state index contributed by atoms with van der Waals surface area (Å²) < 4.78 is 0. The van der Waals surface area contributed by atoms with E-state index in [1.54, 1.807) is 6.07 Å². The minimum atomic E-state index is -0.406. The molecular formula is C15H21N3O2. The van der Waals surface area contributed by atoms with Gasteiger partial charge in [-0.15, -0.1) is 0 Å². The summed E-state index contributed by atoms with van der Waals surface area (Å²) in [4.78, 5) is 23.4. The molecular weight excluding hydrogens is 254 g/mol. The number of anilines is 2. The monoisotopic (exact) mass is 275 g/mol. The van der Waals surface area contributed by atoms with Crippen LogP contribution in [0.2, 0.25) is 0 Å². The summed E-state index contributed by atoms with van der Waals surface area (Å²) >= 11 is 0. The average Bonchev–Trinajstić information content (AvgIpc) is 2.32. The molecule has 2 amide bonds. The van der Waals surface area contributed by atoms with Gasteiger partial charge < -0.3 is 16.4 Å². The second-order valence-electron chi connectivity index (χ2n) is 5.50. The number of benzene rings is 1. The third-order valence-electron chi connectivity index (χ3n) is 3.99. The van der Waals surface area contributed by atoms with Gasteiger partial charge in [-0.25, -0.2) is 0 Å². The van der Waals surface area contributed by atoms with E-state index in [0.29, 0.717) is 12.2 Å². The Bertz CT molecular complexity index is 530. The Morgan fingerprint density at radius 3 is 2.50 bits per heavy atom. The van der Waals surface area contributed by atoms with E-state index in [1.165, 1.54) is 6.92 Å². The lowest BCUT2D eigenvalue weighted by atomic mass is 9.68. The average molecular weight is 275 g/mol. The van der Waals surface area contributed by atoms with Crippen molar-refractivity contribution in [3.63, 3.8) is 0 Å². The molecule has 0 heterocycles. The van der Waals surface area contributed by atoms with Crippen molar-refractivity contribution in [2.75, 3.05) is 17.2 Å². The van der Waals surface area contributed by atoms with Crippen LogP contribution in [0, 0.1) is 12.3 Å². The summed E-state index contributed by atoms with van der Waals surface area (Å²) in [5.74, 6) is -0.155. The fraction of sp³-hybridized carbons (Fsp3) is 0.467. The molecule has 0 aliphatic heterocycles. The highest BCUT2D eigenvalue weighted by Gasteiger charge is 2.42. The van der Waals surface area contributed by atoms with E-state index in [1.807, 2.05) is 19.1 Å². The van der Waals surface area contributed by atoms with Crippen LogP contribution in [-0.2, 0) is 9.59 Å². The molecule has 108 valence electrons. The maximum Gasteiger partial charge on any atom is 0.231 e. The molecule has 0 unspecified atom stereocenters. The summed E-state index contributed by atoms with van der Waals surface area (Å²) in [7, 11) is 0. The van der Waals surface area contributed by atoms with Gasteiger partial charge in [-0.2, -0.15) is 0 Å². The van der Waals surface area contributed by atoms with Crippen molar-refractivity contribution in [2.45, 2.75) is 33.1 Å². The van der Waals surface area contributed by atoms with Gasteiger partial charge in [0.05, 0.1) is 5.41 Å². The topological polar surface area (TPSA) is 84.2 Å². The van der Waals surface area contributed by atoms with Crippen LogP contribution < -0.4 is 16.4 Å². The lowest BCUT2D eigenvalue weighted by Gasteiger charge is -2.39. The summed E-state index contributed by atoms with van der Waals surface area (Å²) in [6.45, 7) is 3.75. The van der Waals surface area contributed by atoms with E-state index in [2.05, 4.69) is 10.6 Å². The van der Waals surface area contributed by atoms with Crippen LogP contribution in [0.4, 0.5) is 11.4 Å². The van der Waals surface area contributed by atoms with E-state index in [4.69, 9.17) is 5.73 Å². The zero-order chi connectivity index (χ0) is 14.8. The molecule has 1 aromatic rings. The third kappa shape index (κ3) is 2.82. The van der Waals surface area contributed by atoms with Crippen LogP contribution in [0.1, 0.15) is 31.7 Å². The van der Waals surface area contributed by atoms with Gasteiger partial charge in [0.2, 0.25) is 11.8 Å². The number of hydrogen-bond donors (Lipinski definition) is 3. The van der Waals surface area contributed by atoms with E-state index < -0.39 is 5.41 Å². The summed E-state index contributed by atoms with van der Waals surface area (Å²) in [5.41, 5.74) is 7.69. The van der Waals surface area contributed by atoms with Crippen molar-refractivity contribution >= 4 is 23.2 Å². The maximum atomic E-state index is 12.4. The van der Waals surface area contributed by atoms with Crippen LogP contribution in [0.25, 0.3) is 0 Å². The Morgan fingerprint density at radius 2 is 2.00 bits per heavy atom. The number of nitrogens with one attached hydrogen (secondary N) is 2. The molecule has 1 saturated carbocycles. The first-order chi connectivity index (χ1) is 9.47. The largest absolute Gasteiger partial charge is 0.329 e. The van der Waals surface area contributed by atoms with Gasteiger partial charge in [-0.1, -0.05) is 12.5 Å². The smallest absolute Gasteiger partial charge is 0.231 e. The predicted molar refractivity (Wildman–Crippen MR) is 79.5 cm³/mol. The van der Waals surface area contributed by atoms with E-state index in [0.717, 1.165) is 30.5 Å². The minimum absolute atomic E-state index is 0.0191. The van der Waals surface area contributed by atoms with E-state index in [-0.39, 0.29) is 11.8 Å². The van der Waals surface area contributed by atoms with Crippen molar-refractivity contribution in [1.29, 1.82) is 0 Å². The molecule has 5 nitrogen and oxygen atoms in total. The molecule has 1 aliphatic rings. The summed E-state index contributed by atoms with van der Waals surface area (Å²) in [6, 6.07) is 5.46. The normalized spacial score (nSPS) is 16.1. The Balaban J connectivity index is 2.16. The van der Waals surface area contributed by atoms with Crippen molar-refractivity contribution in [1.82, 2.24) is 0 Å². The van der Waals surface area contributed by atoms with E-state index in [9.17, 15) is 9.59 Å². The maximum absolute atomic E-state index is 12.4. The van der Waals surface area contributed by atoms with Gasteiger partial charge in [-0.3, -0.25) is 9.59 Å². The van der Waals surface area contributed by atoms with Crippen LogP contribution in [0.5, 0.6) is 0 Å². The van der Waals surface area contributed by atoms with Crippen molar-refractivity contribution in [3.05, 3.63) is 23.8 Å². The standard InChI is InChI=1S/C15H21N3O2/c1-10-4-5-12(17-11(2)19)8-13(10)18-14(20)15(9-16)6-3-7-15/h4-5,8H,3,6-7,9,16H2,1-2H3,(H,17,19)(H,18,20). The fourth-order valence-electron chi connectivity index (χ4n) is 2.42. The molecule has 0 saturated heterocycles. The molecule has 0 spiro atoms. The number of hydrogen-bond acceptors (Lipinski definition) is 3. The first kappa shape index (κ1) is 14.5. The number of aryl methyl sites for hydroxylation is 1. The molecule has 1 fully saturated rings. The molecule has 0 bridgehead atoms. The number of rotatable bonds is 4. The molecule has 0 radical (unpaired) electrons. The molecule has 2 rings (SSSR count). The Hall–Kier alpha value is -1.88. The minimum Gasteiger partial charge on any atom is -0.329 e. The molecule has 4 N–H and O–H groups in total. The quantitative estimate of drug-likeness (QED) is 0.786. The van der Waals surface area contributed by atoms with Crippen LogP contribution in [-0.4, -0.2) is 18.4 Å². The molecule has 0 atom stereocenters. The molecule has 0 aromatic heterocycles. The number of nitrogens with two attached hydrogens (primary N) is 1. The highest BCUT2D eigenvalue weighted by atomic mass is 16.2. The van der Waals surface area contributed by atoms with Gasteiger partial charge in [-0.05, 0) is 37.5 Å². The second-order valence-corrected chi connectivity index (χ2v) is 5.50. The van der Waals surface area contributed by atoms with Gasteiger partial charge in [0.1, 0.15) is 0 Å². The highest BCUT2D eigenvalue weighted by molar-refractivity contribution is 5.98. The SMILES string of the molecule is CC(=O)Nc1ccc(C)c(NC(=O)C2(CN)CCC2)c1. The number of amides is 2. The van der Waals surface area contributed by atoms with E-state index >= 15 is 0 Å². The van der Waals surface area contributed by atoms with Crippen LogP contribution in [0.3, 0.4) is 0 Å². The predicted octanol–water partition coefficient (Wildman–Crippen LogP) is 2.02. The van der Waals surface area contributed by atoms with Crippen LogP contribution in [0.15, 0.2) is 18.2 Å². The molecule has 1 aromatic carbocycles. The lowest BCUT2D eigenvalue weighted by molar-refractivity contribution is -0.129. The van der Waals surface area contributed by atoms with Crippen molar-refractivity contribution < 1.29 is 9.59 Å². The molecule has 1 aliphatic carbocycles. The molecule has 5 heteroatoms. The summed E-state index contributed by atoms with van der Waals surface area (Å²) in [5, 5.41) is 5.66. The second kappa shape index (κ2) is 5.63. The van der Waals surface area contributed by atoms with Crippen LogP contribution >= 0.6 is 0 Å². The zero-order valence-electron chi connectivity index (χ0n) is 12.0. The van der Waals surface area contributed by atoms with Crippen molar-refractivity contribution in [3.8, 4) is 0 Å². The highest BCUT2D eigenvalue weighted by Crippen LogP contribution is 2.41. The summed E-state index contributed by atoms with van der Waals surface area (Å²) in [6.07, 6.45) is 2.75. The van der Waals surface area contributed by atoms with Gasteiger partial charge in [0.25, 0.3) is 0 Å². The Labute approximate surface area is 118 Å². The van der Waals surface area contributed by atoms with Crippen molar-refractivity contribution in [2.24, 2.45) is 11.1 Å². The van der Waals surface area contributed by atoms with Gasteiger partial charge in [0, 0.05) is 24.8 Å². The van der Waals surface area contributed by atoms with Gasteiger partial charge >= 0.3 is 0 Å². The number of carbonyl (C=O) groups is 2. The first-order valence-corrected chi connectivity index (χ1v) is 6.87. The zero-order valence-corrected chi connectivity index (χ0v) is 12.0. The lowest BCUT2D eigenvalue weighted by Crippen LogP contribution is -2.47. The third-order valence-corrected chi connectivity index (χ3v) is 3.99.